The number of carbonyl (C=O) groups excluding carboxylic acids is 2. The lowest BCUT2D eigenvalue weighted by molar-refractivity contribution is -0.142. The molecule has 0 aromatic heterocycles. The van der Waals surface area contributed by atoms with Crippen molar-refractivity contribution in [2.75, 3.05) is 32.8 Å². The normalized spacial score (nSPS) is 16.6. The summed E-state index contributed by atoms with van der Waals surface area (Å²) in [5.74, 6) is -1.67. The Morgan fingerprint density at radius 1 is 1.07 bits per heavy atom. The van der Waals surface area contributed by atoms with Crippen LogP contribution in [-0.4, -0.2) is 72.7 Å². The molecule has 2 atom stereocenters. The lowest BCUT2D eigenvalue weighted by Crippen LogP contribution is -2.54. The Morgan fingerprint density at radius 3 is 2.33 bits per heavy atom. The molecular formula is C22H33N3O5. The number of ether oxygens (including phenoxy) is 1. The van der Waals surface area contributed by atoms with Gasteiger partial charge < -0.3 is 20.5 Å². The van der Waals surface area contributed by atoms with Gasteiger partial charge in [0.05, 0.1) is 19.8 Å². The number of carboxylic acid groups (broad SMARTS) is 1. The minimum atomic E-state index is -1.07. The number of carbonyl (C=O) groups is 3. The molecule has 0 bridgehead atoms. The van der Waals surface area contributed by atoms with Crippen molar-refractivity contribution in [3.63, 3.8) is 0 Å². The molecule has 166 valence electrons. The van der Waals surface area contributed by atoms with E-state index < -0.39 is 24.0 Å². The van der Waals surface area contributed by atoms with Crippen molar-refractivity contribution in [3.8, 4) is 0 Å². The maximum absolute atomic E-state index is 12.9. The Kier molecular flexibility index (Phi) is 9.76. The molecular weight excluding hydrogens is 386 g/mol. The SMILES string of the molecule is CC(C)C[C@H](NC(=O)C(CCc1ccccc1)NC(=O)CN1CCOCC1)C(=O)O. The van der Waals surface area contributed by atoms with Crippen LogP contribution in [0.2, 0.25) is 0 Å². The first-order valence-corrected chi connectivity index (χ1v) is 10.5. The van der Waals surface area contributed by atoms with Crippen LogP contribution < -0.4 is 10.6 Å². The maximum atomic E-state index is 12.9. The van der Waals surface area contributed by atoms with E-state index in [1.165, 1.54) is 0 Å². The molecule has 0 radical (unpaired) electrons. The van der Waals surface area contributed by atoms with Crippen LogP contribution in [-0.2, 0) is 25.5 Å². The van der Waals surface area contributed by atoms with Crippen LogP contribution in [0.25, 0.3) is 0 Å². The summed E-state index contributed by atoms with van der Waals surface area (Å²) in [6, 6.07) is 7.91. The number of amides is 2. The highest BCUT2D eigenvalue weighted by Gasteiger charge is 2.27. The molecule has 1 fully saturated rings. The van der Waals surface area contributed by atoms with Gasteiger partial charge >= 0.3 is 5.97 Å². The Labute approximate surface area is 178 Å². The molecule has 3 N–H and O–H groups in total. The molecule has 0 aliphatic carbocycles. The lowest BCUT2D eigenvalue weighted by Gasteiger charge is -2.27. The predicted octanol–water partition coefficient (Wildman–Crippen LogP) is 1.05. The van der Waals surface area contributed by atoms with Crippen molar-refractivity contribution in [1.82, 2.24) is 15.5 Å². The molecule has 8 heteroatoms. The average molecular weight is 420 g/mol. The summed E-state index contributed by atoms with van der Waals surface area (Å²) in [4.78, 5) is 38.9. The summed E-state index contributed by atoms with van der Waals surface area (Å²) in [6.45, 7) is 6.50. The van der Waals surface area contributed by atoms with E-state index >= 15 is 0 Å². The number of carboxylic acids is 1. The van der Waals surface area contributed by atoms with Crippen LogP contribution in [0.5, 0.6) is 0 Å². The summed E-state index contributed by atoms with van der Waals surface area (Å²) >= 11 is 0. The first-order chi connectivity index (χ1) is 14.3. The minimum Gasteiger partial charge on any atom is -0.480 e. The van der Waals surface area contributed by atoms with E-state index in [1.54, 1.807) is 0 Å². The fourth-order valence-corrected chi connectivity index (χ4v) is 3.39. The van der Waals surface area contributed by atoms with E-state index in [0.29, 0.717) is 45.6 Å². The number of nitrogens with zero attached hydrogens (tertiary/aromatic N) is 1. The van der Waals surface area contributed by atoms with Crippen molar-refractivity contribution in [3.05, 3.63) is 35.9 Å². The summed E-state index contributed by atoms with van der Waals surface area (Å²) in [5, 5.41) is 14.9. The third-order valence-corrected chi connectivity index (χ3v) is 5.01. The van der Waals surface area contributed by atoms with Gasteiger partial charge in [0.15, 0.2) is 0 Å². The Bertz CT molecular complexity index is 689. The van der Waals surface area contributed by atoms with Crippen molar-refractivity contribution in [2.45, 2.75) is 45.2 Å². The standard InChI is InChI=1S/C22H33N3O5/c1-16(2)14-19(22(28)29)24-21(27)18(9-8-17-6-4-3-5-7-17)23-20(26)15-25-10-12-30-13-11-25/h3-7,16,18-19H,8-15H2,1-2H3,(H,23,26)(H,24,27)(H,28,29)/t18?,19-/m0/s1. The third kappa shape index (κ3) is 8.51. The fraction of sp³-hybridized carbons (Fsp3) is 0.591. The van der Waals surface area contributed by atoms with Crippen LogP contribution >= 0.6 is 0 Å². The quantitative estimate of drug-likeness (QED) is 0.495. The highest BCUT2D eigenvalue weighted by atomic mass is 16.5. The molecule has 0 saturated carbocycles. The van der Waals surface area contributed by atoms with Crippen LogP contribution in [0.3, 0.4) is 0 Å². The van der Waals surface area contributed by atoms with Gasteiger partial charge in [-0.05, 0) is 30.7 Å². The zero-order chi connectivity index (χ0) is 21.9. The topological polar surface area (TPSA) is 108 Å². The second-order valence-corrected chi connectivity index (χ2v) is 8.06. The van der Waals surface area contributed by atoms with E-state index in [1.807, 2.05) is 49.1 Å². The molecule has 1 aliphatic heterocycles. The number of nitrogens with one attached hydrogen (secondary N) is 2. The Hall–Kier alpha value is -2.45. The van der Waals surface area contributed by atoms with Crippen LogP contribution in [0.15, 0.2) is 30.3 Å². The summed E-state index contributed by atoms with van der Waals surface area (Å²) in [7, 11) is 0. The fourth-order valence-electron chi connectivity index (χ4n) is 3.39. The van der Waals surface area contributed by atoms with Gasteiger partial charge in [0.2, 0.25) is 11.8 Å². The molecule has 1 aromatic carbocycles. The van der Waals surface area contributed by atoms with Crippen molar-refractivity contribution in [2.24, 2.45) is 5.92 Å². The van der Waals surface area contributed by atoms with Crippen LogP contribution in [0.4, 0.5) is 0 Å². The van der Waals surface area contributed by atoms with E-state index in [2.05, 4.69) is 10.6 Å². The molecule has 2 amide bonds. The molecule has 8 nitrogen and oxygen atoms in total. The van der Waals surface area contributed by atoms with Gasteiger partial charge in [0.1, 0.15) is 12.1 Å². The van der Waals surface area contributed by atoms with Gasteiger partial charge in [-0.1, -0.05) is 44.2 Å². The van der Waals surface area contributed by atoms with Crippen LogP contribution in [0.1, 0.15) is 32.3 Å². The lowest BCUT2D eigenvalue weighted by atomic mass is 10.0. The highest BCUT2D eigenvalue weighted by Crippen LogP contribution is 2.09. The van der Waals surface area contributed by atoms with E-state index in [-0.39, 0.29) is 18.4 Å². The van der Waals surface area contributed by atoms with Crippen molar-refractivity contribution >= 4 is 17.8 Å². The monoisotopic (exact) mass is 419 g/mol. The molecule has 2 rings (SSSR count). The highest BCUT2D eigenvalue weighted by molar-refractivity contribution is 5.90. The van der Waals surface area contributed by atoms with Gasteiger partial charge in [-0.25, -0.2) is 4.79 Å². The number of aryl methyl sites for hydroxylation is 1. The zero-order valence-electron chi connectivity index (χ0n) is 17.8. The van der Waals surface area contributed by atoms with E-state index in [4.69, 9.17) is 4.74 Å². The number of morpholine rings is 1. The second-order valence-electron chi connectivity index (χ2n) is 8.06. The van der Waals surface area contributed by atoms with Crippen molar-refractivity contribution < 1.29 is 24.2 Å². The number of rotatable bonds is 11. The van der Waals surface area contributed by atoms with Crippen LogP contribution in [0, 0.1) is 5.92 Å². The number of hydrogen-bond acceptors (Lipinski definition) is 5. The molecule has 30 heavy (non-hydrogen) atoms. The number of benzene rings is 1. The molecule has 1 saturated heterocycles. The summed E-state index contributed by atoms with van der Waals surface area (Å²) in [5.41, 5.74) is 1.05. The van der Waals surface area contributed by atoms with Gasteiger partial charge in [-0.15, -0.1) is 0 Å². The Balaban J connectivity index is 2.01. The molecule has 1 unspecified atom stereocenters. The average Bonchev–Trinajstić information content (AvgIpc) is 2.71. The van der Waals surface area contributed by atoms with Gasteiger partial charge in [-0.2, -0.15) is 0 Å². The van der Waals surface area contributed by atoms with E-state index in [9.17, 15) is 19.5 Å². The molecule has 1 aromatic rings. The third-order valence-electron chi connectivity index (χ3n) is 5.01. The Morgan fingerprint density at radius 2 is 1.73 bits per heavy atom. The molecule has 1 heterocycles. The first kappa shape index (κ1) is 23.8. The summed E-state index contributed by atoms with van der Waals surface area (Å²) < 4.78 is 5.29. The second kappa shape index (κ2) is 12.3. The minimum absolute atomic E-state index is 0.116. The smallest absolute Gasteiger partial charge is 0.326 e. The van der Waals surface area contributed by atoms with Gasteiger partial charge in [-0.3, -0.25) is 14.5 Å². The zero-order valence-corrected chi connectivity index (χ0v) is 17.8. The maximum Gasteiger partial charge on any atom is 0.326 e. The van der Waals surface area contributed by atoms with Gasteiger partial charge in [0.25, 0.3) is 0 Å². The predicted molar refractivity (Wildman–Crippen MR) is 113 cm³/mol. The number of hydrogen-bond donors (Lipinski definition) is 3. The molecule has 0 spiro atoms. The number of aliphatic carboxylic acids is 1. The first-order valence-electron chi connectivity index (χ1n) is 10.5. The van der Waals surface area contributed by atoms with Gasteiger partial charge in [0, 0.05) is 13.1 Å². The largest absolute Gasteiger partial charge is 0.480 e. The summed E-state index contributed by atoms with van der Waals surface area (Å²) in [6.07, 6.45) is 1.31. The van der Waals surface area contributed by atoms with Crippen molar-refractivity contribution in [1.29, 1.82) is 0 Å². The molecule has 1 aliphatic rings. The van der Waals surface area contributed by atoms with E-state index in [0.717, 1.165) is 5.56 Å².